The van der Waals surface area contributed by atoms with Crippen molar-refractivity contribution in [2.24, 2.45) is 0 Å². The van der Waals surface area contributed by atoms with Crippen LogP contribution in [0.25, 0.3) is 63.7 Å². The Bertz CT molecular complexity index is 2590. The minimum absolute atomic E-state index is 0.899. The van der Waals surface area contributed by atoms with Crippen molar-refractivity contribution in [3.63, 3.8) is 0 Å². The zero-order chi connectivity index (χ0) is 30.3. The van der Waals surface area contributed by atoms with Crippen LogP contribution in [0.1, 0.15) is 0 Å². The Kier molecular flexibility index (Phi) is 5.77. The van der Waals surface area contributed by atoms with Gasteiger partial charge in [0.25, 0.3) is 0 Å². The van der Waals surface area contributed by atoms with E-state index in [-0.39, 0.29) is 0 Å². The topological polar surface area (TPSA) is 16.4 Å². The lowest BCUT2D eigenvalue weighted by Crippen LogP contribution is -2.37. The van der Waals surface area contributed by atoms with Crippen LogP contribution < -0.4 is 10.1 Å². The van der Waals surface area contributed by atoms with Gasteiger partial charge in [-0.3, -0.25) is 0 Å². The maximum atomic E-state index is 6.40. The molecule has 216 valence electrons. The molecule has 9 aromatic rings. The fraction of sp³-hybridized carbons (Fsp3) is 0.0732. The number of benzene rings is 7. The lowest BCUT2D eigenvalue weighted by Gasteiger charge is -2.28. The van der Waals surface area contributed by atoms with Gasteiger partial charge in [0.05, 0.1) is 13.8 Å². The molecule has 45 heavy (non-hydrogen) atoms. The van der Waals surface area contributed by atoms with E-state index in [4.69, 9.17) is 4.42 Å². The molecule has 0 atom stereocenters. The quantitative estimate of drug-likeness (QED) is 0.184. The molecule has 0 radical (unpaired) electrons. The lowest BCUT2D eigenvalue weighted by atomic mass is 9.98. The second-order valence-corrected chi connectivity index (χ2v) is 19.1. The van der Waals surface area contributed by atoms with Crippen molar-refractivity contribution in [2.45, 2.75) is 19.6 Å². The molecule has 0 amide bonds. The molecule has 7 aromatic carbocycles. The molecule has 0 aliphatic rings. The van der Waals surface area contributed by atoms with E-state index >= 15 is 0 Å². The molecule has 0 aliphatic heterocycles. The number of rotatable bonds is 4. The molecular weight excluding hydrogens is 583 g/mol. The van der Waals surface area contributed by atoms with E-state index in [0.29, 0.717) is 0 Å². The summed E-state index contributed by atoms with van der Waals surface area (Å²) >= 11 is 1.89. The van der Waals surface area contributed by atoms with Gasteiger partial charge >= 0.3 is 0 Å². The molecule has 0 N–H and O–H groups in total. The van der Waals surface area contributed by atoms with E-state index < -0.39 is 8.07 Å². The summed E-state index contributed by atoms with van der Waals surface area (Å²) in [6, 6.07) is 48.9. The molecule has 9 rings (SSSR count). The summed E-state index contributed by atoms with van der Waals surface area (Å²) in [5.41, 5.74) is 5.21. The Morgan fingerprint density at radius 2 is 1.16 bits per heavy atom. The van der Waals surface area contributed by atoms with Gasteiger partial charge in [0.2, 0.25) is 0 Å². The fourth-order valence-electron chi connectivity index (χ4n) is 6.96. The molecule has 2 aromatic heterocycles. The molecule has 2 nitrogen and oxygen atoms in total. The number of hydrogen-bond acceptors (Lipinski definition) is 3. The lowest BCUT2D eigenvalue weighted by molar-refractivity contribution is 0.669. The summed E-state index contributed by atoms with van der Waals surface area (Å²) in [7, 11) is -1.46. The first-order chi connectivity index (χ1) is 21.9. The molecule has 0 aliphatic carbocycles. The Morgan fingerprint density at radius 1 is 0.511 bits per heavy atom. The fourth-order valence-corrected chi connectivity index (χ4v) is 9.30. The van der Waals surface area contributed by atoms with E-state index in [0.717, 1.165) is 33.3 Å². The number of furan rings is 1. The van der Waals surface area contributed by atoms with Gasteiger partial charge in [-0.05, 0) is 58.6 Å². The average molecular weight is 614 g/mol. The summed E-state index contributed by atoms with van der Waals surface area (Å²) in [5.74, 6) is 0. The maximum Gasteiger partial charge on any atom is 0.137 e. The summed E-state index contributed by atoms with van der Waals surface area (Å²) < 4.78 is 9.01. The monoisotopic (exact) mass is 613 g/mol. The minimum atomic E-state index is -1.46. The van der Waals surface area contributed by atoms with Crippen LogP contribution in [0.5, 0.6) is 0 Å². The highest BCUT2D eigenvalue weighted by molar-refractivity contribution is 7.26. The van der Waals surface area contributed by atoms with Gasteiger partial charge in [-0.15, -0.1) is 11.3 Å². The van der Waals surface area contributed by atoms with Crippen LogP contribution in [0.3, 0.4) is 0 Å². The third-order valence-electron chi connectivity index (χ3n) is 9.20. The van der Waals surface area contributed by atoms with Crippen molar-refractivity contribution < 1.29 is 4.42 Å². The van der Waals surface area contributed by atoms with E-state index in [9.17, 15) is 0 Å². The second-order valence-electron chi connectivity index (χ2n) is 13.0. The van der Waals surface area contributed by atoms with Crippen LogP contribution in [-0.2, 0) is 0 Å². The van der Waals surface area contributed by atoms with Gasteiger partial charge in [0.1, 0.15) is 11.2 Å². The van der Waals surface area contributed by atoms with Crippen LogP contribution in [0, 0.1) is 0 Å². The Labute approximate surface area is 266 Å². The van der Waals surface area contributed by atoms with Gasteiger partial charge in [0.15, 0.2) is 0 Å². The average Bonchev–Trinajstić information content (AvgIpc) is 3.63. The number of hydrogen-bond donors (Lipinski definition) is 0. The predicted octanol–water partition coefficient (Wildman–Crippen LogP) is 12.3. The van der Waals surface area contributed by atoms with Crippen LogP contribution in [-0.4, -0.2) is 8.07 Å². The molecular formula is C41H31NOSSi. The summed E-state index contributed by atoms with van der Waals surface area (Å²) in [6.07, 6.45) is 0. The molecule has 0 unspecified atom stereocenters. The molecule has 0 bridgehead atoms. The third-order valence-corrected chi connectivity index (χ3v) is 12.4. The first-order valence-corrected chi connectivity index (χ1v) is 19.8. The summed E-state index contributed by atoms with van der Waals surface area (Å²) in [5, 5.41) is 11.5. The highest BCUT2D eigenvalue weighted by atomic mass is 32.1. The smallest absolute Gasteiger partial charge is 0.137 e. The van der Waals surface area contributed by atoms with Crippen LogP contribution >= 0.6 is 11.3 Å². The molecule has 0 fully saturated rings. The molecule has 2 heterocycles. The predicted molar refractivity (Wildman–Crippen MR) is 199 cm³/mol. The van der Waals surface area contributed by atoms with Crippen molar-refractivity contribution in [2.75, 3.05) is 4.90 Å². The Morgan fingerprint density at radius 3 is 1.96 bits per heavy atom. The number of fused-ring (bicyclic) bond motifs is 10. The Hall–Kier alpha value is -4.90. The van der Waals surface area contributed by atoms with Gasteiger partial charge in [0, 0.05) is 53.8 Å². The normalized spacial score (nSPS) is 12.3. The standard InChI is InChI=1S/C41H31NOSSi/c1-45(2,3)29-20-17-27(18-21-29)42(28-19-22-33-32-13-8-9-15-36(32)43-37(33)24-28)35-25-39-41(34-14-7-6-12-31(34)35)40-30-11-5-4-10-26(30)16-23-38(40)44-39/h4-25H,1-3H3. The highest BCUT2D eigenvalue weighted by Gasteiger charge is 2.22. The van der Waals surface area contributed by atoms with Crippen molar-refractivity contribution >= 4 is 105 Å². The largest absolute Gasteiger partial charge is 0.456 e. The van der Waals surface area contributed by atoms with Crippen molar-refractivity contribution in [3.05, 3.63) is 133 Å². The van der Waals surface area contributed by atoms with Crippen molar-refractivity contribution in [1.82, 2.24) is 0 Å². The SMILES string of the molecule is C[Si](C)(C)c1ccc(N(c2ccc3c(c2)oc2ccccc23)c2cc3sc4ccc5ccccc5c4c3c3ccccc23)cc1. The van der Waals surface area contributed by atoms with Gasteiger partial charge in [-0.25, -0.2) is 0 Å². The van der Waals surface area contributed by atoms with Crippen LogP contribution in [0.2, 0.25) is 19.6 Å². The summed E-state index contributed by atoms with van der Waals surface area (Å²) in [6.45, 7) is 7.21. The molecule has 4 heteroatoms. The highest BCUT2D eigenvalue weighted by Crippen LogP contribution is 2.48. The van der Waals surface area contributed by atoms with Crippen molar-refractivity contribution in [1.29, 1.82) is 0 Å². The van der Waals surface area contributed by atoms with E-state index in [1.54, 1.807) is 0 Å². The first-order valence-electron chi connectivity index (χ1n) is 15.5. The number of nitrogens with zero attached hydrogens (tertiary/aromatic N) is 1. The zero-order valence-electron chi connectivity index (χ0n) is 25.5. The van der Waals surface area contributed by atoms with Crippen molar-refractivity contribution in [3.8, 4) is 0 Å². The molecule has 0 spiro atoms. The molecule has 0 saturated carbocycles. The minimum Gasteiger partial charge on any atom is -0.456 e. The van der Waals surface area contributed by atoms with E-state index in [1.807, 2.05) is 17.4 Å². The number of para-hydroxylation sites is 1. The number of thiophene rings is 1. The van der Waals surface area contributed by atoms with Crippen LogP contribution in [0.15, 0.2) is 138 Å². The van der Waals surface area contributed by atoms with Gasteiger partial charge in [-0.2, -0.15) is 0 Å². The third kappa shape index (κ3) is 4.13. The van der Waals surface area contributed by atoms with Gasteiger partial charge in [-0.1, -0.05) is 110 Å². The zero-order valence-corrected chi connectivity index (χ0v) is 27.3. The van der Waals surface area contributed by atoms with E-state index in [1.165, 1.54) is 52.6 Å². The maximum absolute atomic E-state index is 6.40. The van der Waals surface area contributed by atoms with Crippen LogP contribution in [0.4, 0.5) is 17.1 Å². The Balaban J connectivity index is 1.35. The number of anilines is 3. The summed E-state index contributed by atoms with van der Waals surface area (Å²) in [4.78, 5) is 2.42. The molecule has 0 saturated heterocycles. The van der Waals surface area contributed by atoms with E-state index in [2.05, 4.69) is 152 Å². The second kappa shape index (κ2) is 9.80. The first kappa shape index (κ1) is 26.5. The van der Waals surface area contributed by atoms with Gasteiger partial charge < -0.3 is 9.32 Å².